The van der Waals surface area contributed by atoms with Crippen LogP contribution in [-0.2, 0) is 19.7 Å². The van der Waals surface area contributed by atoms with E-state index in [9.17, 15) is 9.59 Å². The second kappa shape index (κ2) is 8.37. The summed E-state index contributed by atoms with van der Waals surface area (Å²) in [7, 11) is 1.36. The predicted molar refractivity (Wildman–Crippen MR) is 88.4 cm³/mol. The molecule has 0 bridgehead atoms. The molecule has 0 saturated carbocycles. The summed E-state index contributed by atoms with van der Waals surface area (Å²) in [5.74, 6) is -0.423. The highest BCUT2D eigenvalue weighted by Crippen LogP contribution is 2.22. The van der Waals surface area contributed by atoms with Crippen molar-refractivity contribution in [3.05, 3.63) is 41.5 Å². The molecule has 0 radical (unpaired) electrons. The molecule has 0 atom stereocenters. The number of nitrogens with one attached hydrogen (secondary N) is 1. The standard InChI is InChI=1S/C18H25NO3/c1-18(2,3)15-10-7-14(8-11-15)9-12-16(20)19-13-5-6-17(21)22-4/h7-12H,5-6,13H2,1-4H3,(H,19,20)/b12-9+. The number of methoxy groups -OCH3 is 1. The molecule has 4 nitrogen and oxygen atoms in total. The van der Waals surface area contributed by atoms with Crippen molar-refractivity contribution in [2.24, 2.45) is 0 Å². The minimum Gasteiger partial charge on any atom is -0.469 e. The fraction of sp³-hybridized carbons (Fsp3) is 0.444. The zero-order valence-corrected chi connectivity index (χ0v) is 13.8. The molecular weight excluding hydrogens is 278 g/mol. The Morgan fingerprint density at radius 3 is 2.36 bits per heavy atom. The summed E-state index contributed by atoms with van der Waals surface area (Å²) >= 11 is 0. The Balaban J connectivity index is 2.41. The zero-order valence-electron chi connectivity index (χ0n) is 13.8. The van der Waals surface area contributed by atoms with E-state index < -0.39 is 0 Å². The summed E-state index contributed by atoms with van der Waals surface area (Å²) in [6.07, 6.45) is 4.17. The number of hydrogen-bond acceptors (Lipinski definition) is 3. The molecule has 1 amide bonds. The van der Waals surface area contributed by atoms with Crippen LogP contribution in [0.4, 0.5) is 0 Å². The van der Waals surface area contributed by atoms with Gasteiger partial charge in [-0.1, -0.05) is 45.0 Å². The van der Waals surface area contributed by atoms with E-state index in [1.54, 1.807) is 6.08 Å². The summed E-state index contributed by atoms with van der Waals surface area (Å²) < 4.78 is 4.53. The molecule has 0 aliphatic carbocycles. The number of amides is 1. The monoisotopic (exact) mass is 303 g/mol. The van der Waals surface area contributed by atoms with Crippen molar-refractivity contribution in [2.45, 2.75) is 39.0 Å². The molecule has 22 heavy (non-hydrogen) atoms. The van der Waals surface area contributed by atoms with Gasteiger partial charge in [-0.05, 0) is 29.0 Å². The summed E-state index contributed by atoms with van der Waals surface area (Å²) in [6.45, 7) is 6.96. The van der Waals surface area contributed by atoms with Crippen LogP contribution in [0.15, 0.2) is 30.3 Å². The van der Waals surface area contributed by atoms with Crippen molar-refractivity contribution in [1.82, 2.24) is 5.32 Å². The highest BCUT2D eigenvalue weighted by atomic mass is 16.5. The number of benzene rings is 1. The topological polar surface area (TPSA) is 55.4 Å². The van der Waals surface area contributed by atoms with Gasteiger partial charge >= 0.3 is 5.97 Å². The third-order valence-corrected chi connectivity index (χ3v) is 3.29. The summed E-state index contributed by atoms with van der Waals surface area (Å²) in [6, 6.07) is 8.16. The van der Waals surface area contributed by atoms with Crippen LogP contribution in [0.3, 0.4) is 0 Å². The van der Waals surface area contributed by atoms with Crippen LogP contribution < -0.4 is 5.32 Å². The molecule has 0 aliphatic rings. The maximum Gasteiger partial charge on any atom is 0.305 e. The third kappa shape index (κ3) is 6.57. The number of ether oxygens (including phenoxy) is 1. The van der Waals surface area contributed by atoms with Crippen molar-refractivity contribution in [1.29, 1.82) is 0 Å². The van der Waals surface area contributed by atoms with E-state index in [1.165, 1.54) is 18.7 Å². The summed E-state index contributed by atoms with van der Waals surface area (Å²) in [5, 5.41) is 2.73. The van der Waals surface area contributed by atoms with Gasteiger partial charge in [0.25, 0.3) is 0 Å². The van der Waals surface area contributed by atoms with Gasteiger partial charge in [-0.15, -0.1) is 0 Å². The number of rotatable bonds is 6. The van der Waals surface area contributed by atoms with Crippen molar-refractivity contribution in [2.75, 3.05) is 13.7 Å². The Bertz CT molecular complexity index is 524. The molecule has 1 aromatic carbocycles. The highest BCUT2D eigenvalue weighted by molar-refractivity contribution is 5.91. The number of hydrogen-bond donors (Lipinski definition) is 1. The quantitative estimate of drug-likeness (QED) is 0.499. The molecule has 1 N–H and O–H groups in total. The van der Waals surface area contributed by atoms with Crippen LogP contribution in [0.5, 0.6) is 0 Å². The van der Waals surface area contributed by atoms with Crippen molar-refractivity contribution in [3.63, 3.8) is 0 Å². The van der Waals surface area contributed by atoms with Crippen LogP contribution in [0.25, 0.3) is 6.08 Å². The normalized spacial score (nSPS) is 11.5. The van der Waals surface area contributed by atoms with Crippen LogP contribution in [-0.4, -0.2) is 25.5 Å². The van der Waals surface area contributed by atoms with E-state index in [-0.39, 0.29) is 17.3 Å². The Labute approximate surface area is 132 Å². The van der Waals surface area contributed by atoms with Crippen LogP contribution in [0.1, 0.15) is 44.7 Å². The highest BCUT2D eigenvalue weighted by Gasteiger charge is 2.12. The predicted octanol–water partition coefficient (Wildman–Crippen LogP) is 3.07. The van der Waals surface area contributed by atoms with E-state index in [0.717, 1.165) is 5.56 Å². The van der Waals surface area contributed by atoms with Gasteiger partial charge in [-0.2, -0.15) is 0 Å². The first-order valence-electron chi connectivity index (χ1n) is 7.46. The second-order valence-corrected chi connectivity index (χ2v) is 6.18. The lowest BCUT2D eigenvalue weighted by Gasteiger charge is -2.18. The molecule has 0 unspecified atom stereocenters. The SMILES string of the molecule is COC(=O)CCCNC(=O)/C=C/c1ccc(C(C)(C)C)cc1. The molecule has 1 aromatic rings. The molecule has 0 fully saturated rings. The number of carbonyl (C=O) groups excluding carboxylic acids is 2. The number of esters is 1. The molecule has 0 aromatic heterocycles. The van der Waals surface area contributed by atoms with Gasteiger partial charge in [0.15, 0.2) is 0 Å². The lowest BCUT2D eigenvalue weighted by molar-refractivity contribution is -0.140. The Morgan fingerprint density at radius 1 is 1.18 bits per heavy atom. The molecule has 120 valence electrons. The lowest BCUT2D eigenvalue weighted by atomic mass is 9.87. The first-order valence-corrected chi connectivity index (χ1v) is 7.46. The van der Waals surface area contributed by atoms with Gasteiger partial charge in [-0.25, -0.2) is 0 Å². The first-order chi connectivity index (χ1) is 10.3. The van der Waals surface area contributed by atoms with Gasteiger partial charge in [-0.3, -0.25) is 9.59 Å². The fourth-order valence-corrected chi connectivity index (χ4v) is 1.87. The Hall–Kier alpha value is -2.10. The zero-order chi connectivity index (χ0) is 16.6. The van der Waals surface area contributed by atoms with Crippen LogP contribution in [0, 0.1) is 0 Å². The second-order valence-electron chi connectivity index (χ2n) is 6.18. The minimum atomic E-state index is -0.260. The maximum atomic E-state index is 11.6. The van der Waals surface area contributed by atoms with Crippen molar-refractivity contribution >= 4 is 18.0 Å². The smallest absolute Gasteiger partial charge is 0.305 e. The van der Waals surface area contributed by atoms with Gasteiger partial charge in [0.1, 0.15) is 0 Å². The Kier molecular flexibility index (Phi) is 6.83. The van der Waals surface area contributed by atoms with Crippen LogP contribution >= 0.6 is 0 Å². The molecule has 0 spiro atoms. The van der Waals surface area contributed by atoms with E-state index in [4.69, 9.17) is 0 Å². The third-order valence-electron chi connectivity index (χ3n) is 3.29. The fourth-order valence-electron chi connectivity index (χ4n) is 1.87. The summed E-state index contributed by atoms with van der Waals surface area (Å²) in [5.41, 5.74) is 2.37. The van der Waals surface area contributed by atoms with E-state index in [1.807, 2.05) is 12.1 Å². The maximum absolute atomic E-state index is 11.6. The van der Waals surface area contributed by atoms with Crippen LogP contribution in [0.2, 0.25) is 0 Å². The number of carbonyl (C=O) groups is 2. The van der Waals surface area contributed by atoms with E-state index in [2.05, 4.69) is 43.0 Å². The van der Waals surface area contributed by atoms with Gasteiger partial charge in [0, 0.05) is 19.0 Å². The Morgan fingerprint density at radius 2 is 1.82 bits per heavy atom. The minimum absolute atomic E-state index is 0.124. The molecule has 1 rings (SSSR count). The molecule has 0 aliphatic heterocycles. The van der Waals surface area contributed by atoms with E-state index in [0.29, 0.717) is 19.4 Å². The summed E-state index contributed by atoms with van der Waals surface area (Å²) in [4.78, 5) is 22.6. The van der Waals surface area contributed by atoms with E-state index >= 15 is 0 Å². The molecule has 0 heterocycles. The van der Waals surface area contributed by atoms with Gasteiger partial charge < -0.3 is 10.1 Å². The first kappa shape index (κ1) is 18.0. The molecular formula is C18H25NO3. The average Bonchev–Trinajstić information content (AvgIpc) is 2.48. The van der Waals surface area contributed by atoms with Gasteiger partial charge in [0.05, 0.1) is 7.11 Å². The van der Waals surface area contributed by atoms with Crippen molar-refractivity contribution in [3.8, 4) is 0 Å². The molecule has 0 saturated heterocycles. The largest absolute Gasteiger partial charge is 0.469 e. The average molecular weight is 303 g/mol. The van der Waals surface area contributed by atoms with Crippen molar-refractivity contribution < 1.29 is 14.3 Å². The lowest BCUT2D eigenvalue weighted by Crippen LogP contribution is -2.22. The van der Waals surface area contributed by atoms with Gasteiger partial charge in [0.2, 0.25) is 5.91 Å². The molecule has 4 heteroatoms.